The third-order valence-corrected chi connectivity index (χ3v) is 7.05. The first-order valence-corrected chi connectivity index (χ1v) is 12.5. The molecule has 0 amide bonds. The number of nitrogens with one attached hydrogen (secondary N) is 1. The molecule has 9 heteroatoms. The van der Waals surface area contributed by atoms with E-state index in [1.54, 1.807) is 6.92 Å². The lowest BCUT2D eigenvalue weighted by molar-refractivity contribution is 0.210. The third kappa shape index (κ3) is 5.55. The summed E-state index contributed by atoms with van der Waals surface area (Å²) in [6.07, 6.45) is 3.16. The zero-order valence-corrected chi connectivity index (χ0v) is 19.5. The van der Waals surface area contributed by atoms with Crippen LogP contribution in [-0.4, -0.2) is 49.9 Å². The van der Waals surface area contributed by atoms with Crippen LogP contribution in [0.1, 0.15) is 45.6 Å². The van der Waals surface area contributed by atoms with E-state index in [2.05, 4.69) is 28.5 Å². The Bertz CT molecular complexity index is 899. The fourth-order valence-corrected chi connectivity index (χ4v) is 5.15. The molecule has 30 heavy (non-hydrogen) atoms. The average molecular weight is 455 g/mol. The van der Waals surface area contributed by atoms with Crippen LogP contribution >= 0.6 is 11.6 Å². The first-order valence-electron chi connectivity index (χ1n) is 10.5. The van der Waals surface area contributed by atoms with Gasteiger partial charge in [-0.25, -0.2) is 0 Å². The van der Waals surface area contributed by atoms with Gasteiger partial charge < -0.3 is 4.90 Å². The molecule has 1 saturated heterocycles. The van der Waals surface area contributed by atoms with Crippen molar-refractivity contribution in [3.63, 3.8) is 0 Å². The topological polar surface area (TPSA) is 74.2 Å². The van der Waals surface area contributed by atoms with Crippen LogP contribution in [0, 0.1) is 0 Å². The molecule has 0 aromatic heterocycles. The van der Waals surface area contributed by atoms with Crippen LogP contribution in [0.5, 0.6) is 0 Å². The van der Waals surface area contributed by atoms with Gasteiger partial charge in [-0.1, -0.05) is 30.7 Å². The number of halogens is 1. The molecule has 2 aliphatic rings. The third-order valence-electron chi connectivity index (χ3n) is 5.43. The molecule has 1 fully saturated rings. The highest BCUT2D eigenvalue weighted by Gasteiger charge is 2.31. The van der Waals surface area contributed by atoms with Crippen molar-refractivity contribution in [3.05, 3.63) is 41.1 Å². The van der Waals surface area contributed by atoms with E-state index in [1.165, 1.54) is 11.3 Å². The lowest BCUT2D eigenvalue weighted by Gasteiger charge is -2.24. The lowest BCUT2D eigenvalue weighted by atomic mass is 10.1. The monoisotopic (exact) mass is 454 g/mol. The standard InChI is InChI=1S/C21H31ClN4O3S/c1-4-23-29-30(27,28)14-6-7-17-8-10-18(11-9-17)26-15-19(16(3)24-26)20-12-13-21(22)25(20)5-2/h8-11,21,23H,4-7,12-15H2,1-3H3/b20-19+. The molecule has 166 valence electrons. The number of nitrogens with zero attached hydrogens (tertiary/aromatic N) is 3. The van der Waals surface area contributed by atoms with E-state index >= 15 is 0 Å². The molecule has 0 spiro atoms. The number of hydrogen-bond acceptors (Lipinski definition) is 7. The summed E-state index contributed by atoms with van der Waals surface area (Å²) in [5.74, 6) is -0.0101. The van der Waals surface area contributed by atoms with E-state index in [1.807, 2.05) is 29.3 Å². The highest BCUT2D eigenvalue weighted by Crippen LogP contribution is 2.34. The van der Waals surface area contributed by atoms with Crippen molar-refractivity contribution in [1.29, 1.82) is 0 Å². The Kier molecular flexibility index (Phi) is 7.79. The Morgan fingerprint density at radius 3 is 2.67 bits per heavy atom. The Hall–Kier alpha value is -1.61. The quantitative estimate of drug-likeness (QED) is 0.349. The Morgan fingerprint density at radius 1 is 1.27 bits per heavy atom. The first kappa shape index (κ1) is 23.1. The van der Waals surface area contributed by atoms with E-state index in [-0.39, 0.29) is 11.3 Å². The van der Waals surface area contributed by atoms with Crippen LogP contribution in [-0.2, 0) is 20.8 Å². The largest absolute Gasteiger partial charge is 0.358 e. The summed E-state index contributed by atoms with van der Waals surface area (Å²) in [4.78, 5) is 2.27. The highest BCUT2D eigenvalue weighted by molar-refractivity contribution is 7.86. The molecule has 3 rings (SSSR count). The minimum atomic E-state index is -3.52. The molecule has 0 aliphatic carbocycles. The van der Waals surface area contributed by atoms with Gasteiger partial charge in [0.1, 0.15) is 5.50 Å². The summed E-state index contributed by atoms with van der Waals surface area (Å²) in [6, 6.07) is 8.15. The van der Waals surface area contributed by atoms with Gasteiger partial charge in [0.2, 0.25) is 0 Å². The van der Waals surface area contributed by atoms with Crippen molar-refractivity contribution >= 4 is 33.1 Å². The van der Waals surface area contributed by atoms with Crippen molar-refractivity contribution in [3.8, 4) is 0 Å². The summed E-state index contributed by atoms with van der Waals surface area (Å²) < 4.78 is 28.1. The second kappa shape index (κ2) is 10.1. The van der Waals surface area contributed by atoms with Gasteiger partial charge in [0.05, 0.1) is 23.7 Å². The number of hydrazone groups is 1. The highest BCUT2D eigenvalue weighted by atomic mass is 35.5. The number of rotatable bonds is 9. The van der Waals surface area contributed by atoms with Crippen molar-refractivity contribution in [2.45, 2.75) is 52.0 Å². The minimum Gasteiger partial charge on any atom is -0.358 e. The van der Waals surface area contributed by atoms with Crippen molar-refractivity contribution < 1.29 is 12.7 Å². The fraction of sp³-hybridized carbons (Fsp3) is 0.571. The second-order valence-corrected chi connectivity index (χ2v) is 9.73. The van der Waals surface area contributed by atoms with Gasteiger partial charge in [-0.15, -0.1) is 0 Å². The van der Waals surface area contributed by atoms with Gasteiger partial charge in [-0.05, 0) is 57.2 Å². The summed E-state index contributed by atoms with van der Waals surface area (Å²) in [6.45, 7) is 8.08. The summed E-state index contributed by atoms with van der Waals surface area (Å²) in [7, 11) is -3.52. The number of alkyl halides is 1. The zero-order valence-electron chi connectivity index (χ0n) is 17.9. The van der Waals surface area contributed by atoms with Gasteiger partial charge in [0.15, 0.2) is 0 Å². The SMILES string of the molecule is CCNOS(=O)(=O)CCCc1ccc(N2C/C(=C3/CCC(Cl)N3CC)C(C)=N2)cc1. The van der Waals surface area contributed by atoms with Gasteiger partial charge >= 0.3 is 0 Å². The van der Waals surface area contributed by atoms with E-state index in [9.17, 15) is 8.42 Å². The predicted octanol–water partition coefficient (Wildman–Crippen LogP) is 3.62. The van der Waals surface area contributed by atoms with Gasteiger partial charge in [0, 0.05) is 24.4 Å². The molecule has 1 aromatic carbocycles. The van der Waals surface area contributed by atoms with Gasteiger partial charge in [-0.2, -0.15) is 23.3 Å². The van der Waals surface area contributed by atoms with E-state index in [0.717, 1.165) is 42.9 Å². The number of hydroxylamine groups is 1. The Morgan fingerprint density at radius 2 is 2.00 bits per heavy atom. The van der Waals surface area contributed by atoms with E-state index < -0.39 is 10.1 Å². The molecule has 2 heterocycles. The summed E-state index contributed by atoms with van der Waals surface area (Å²) in [5.41, 5.74) is 8.22. The first-order chi connectivity index (χ1) is 14.3. The molecule has 0 radical (unpaired) electrons. The number of anilines is 1. The Balaban J connectivity index is 1.60. The number of aryl methyl sites for hydroxylation is 1. The van der Waals surface area contributed by atoms with Crippen molar-refractivity contribution in [2.24, 2.45) is 5.10 Å². The smallest absolute Gasteiger partial charge is 0.283 e. The van der Waals surface area contributed by atoms with Crippen LogP contribution in [0.15, 0.2) is 40.6 Å². The molecular formula is C21H31ClN4O3S. The maximum Gasteiger partial charge on any atom is 0.283 e. The normalized spacial score (nSPS) is 22.1. The lowest BCUT2D eigenvalue weighted by Crippen LogP contribution is -2.26. The molecular weight excluding hydrogens is 424 g/mol. The number of hydrogen-bond donors (Lipinski definition) is 1. The molecule has 1 aromatic rings. The Labute approximate surface area is 184 Å². The van der Waals surface area contributed by atoms with Crippen LogP contribution in [0.3, 0.4) is 0 Å². The van der Waals surface area contributed by atoms with Crippen LogP contribution in [0.4, 0.5) is 5.69 Å². The second-order valence-electron chi connectivity index (χ2n) is 7.54. The molecule has 7 nitrogen and oxygen atoms in total. The molecule has 1 unspecified atom stereocenters. The fourth-order valence-electron chi connectivity index (χ4n) is 3.91. The zero-order chi connectivity index (χ0) is 21.7. The van der Waals surface area contributed by atoms with Crippen LogP contribution in [0.25, 0.3) is 0 Å². The molecule has 0 bridgehead atoms. The van der Waals surface area contributed by atoms with Crippen molar-refractivity contribution in [2.75, 3.05) is 30.4 Å². The molecule has 0 saturated carbocycles. The average Bonchev–Trinajstić information content (AvgIpc) is 3.28. The summed E-state index contributed by atoms with van der Waals surface area (Å²) >= 11 is 6.45. The maximum atomic E-state index is 11.7. The van der Waals surface area contributed by atoms with Crippen LogP contribution < -0.4 is 10.5 Å². The van der Waals surface area contributed by atoms with E-state index in [4.69, 9.17) is 16.7 Å². The minimum absolute atomic E-state index is 0.0101. The number of allylic oxidation sites excluding steroid dienone is 1. The maximum absolute atomic E-state index is 11.7. The number of likely N-dealkylation sites (tertiary alicyclic amines) is 1. The molecule has 1 atom stereocenters. The summed E-state index contributed by atoms with van der Waals surface area (Å²) in [5, 5.41) is 6.77. The molecule has 2 aliphatic heterocycles. The number of benzene rings is 1. The van der Waals surface area contributed by atoms with Gasteiger partial charge in [-0.3, -0.25) is 5.01 Å². The van der Waals surface area contributed by atoms with Crippen LogP contribution in [0.2, 0.25) is 0 Å². The molecule has 1 N–H and O–H groups in total. The van der Waals surface area contributed by atoms with Crippen molar-refractivity contribution in [1.82, 2.24) is 10.4 Å². The van der Waals surface area contributed by atoms with E-state index in [0.29, 0.717) is 19.4 Å². The predicted molar refractivity (Wildman–Crippen MR) is 122 cm³/mol. The van der Waals surface area contributed by atoms with Gasteiger partial charge in [0.25, 0.3) is 10.1 Å².